The Labute approximate surface area is 826 Å². The molecule has 3 aromatic rings. The number of hydrogen-bond donors (Lipinski definition) is 30. The summed E-state index contributed by atoms with van der Waals surface area (Å²) in [6.07, 6.45) is 1.83. The van der Waals surface area contributed by atoms with Gasteiger partial charge in [0.05, 0.1) is 63.7 Å². The van der Waals surface area contributed by atoms with E-state index in [4.69, 9.17) is 45.2 Å². The number of benzene rings is 2. The summed E-state index contributed by atoms with van der Waals surface area (Å²) < 4.78 is 0. The fraction of sp³-hybridized carbons (Fsp3) is 0.580. The second-order valence-electron chi connectivity index (χ2n) is 34.7. The molecule has 0 aliphatic carbocycles. The molecule has 144 heavy (non-hydrogen) atoms. The zero-order valence-electron chi connectivity index (χ0n) is 80.0. The highest BCUT2D eigenvalue weighted by Gasteiger charge is 2.45. The average Bonchev–Trinajstić information content (AvgIpc) is 1.62. The third-order valence-corrected chi connectivity index (χ3v) is 23.1. The zero-order valence-corrected chi connectivity index (χ0v) is 80.0. The number of carboxylic acid groups (broad SMARTS) is 4. The highest BCUT2D eigenvalue weighted by atomic mass is 16.4. The van der Waals surface area contributed by atoms with Crippen LogP contribution in [0.3, 0.4) is 0 Å². The number of aliphatic hydroxyl groups is 4. The number of aliphatic carboxylic acids is 4. The Morgan fingerprint density at radius 1 is 0.444 bits per heavy atom. The van der Waals surface area contributed by atoms with Gasteiger partial charge in [0, 0.05) is 63.9 Å². The van der Waals surface area contributed by atoms with Gasteiger partial charge in [-0.1, -0.05) is 56.3 Å². The molecule has 0 unspecified atom stereocenters. The van der Waals surface area contributed by atoms with Crippen molar-refractivity contribution in [2.24, 2.45) is 56.0 Å². The number of hydrogen-bond acceptors (Lipinski definition) is 31. The number of nitrogens with two attached hydrogens (primary N) is 7. The first-order valence-corrected chi connectivity index (χ1v) is 46.5. The van der Waals surface area contributed by atoms with E-state index in [1.807, 2.05) is 0 Å². The molecule has 3 saturated heterocycles. The molecule has 796 valence electrons. The van der Waals surface area contributed by atoms with E-state index in [1.54, 1.807) is 44.2 Å². The van der Waals surface area contributed by atoms with Gasteiger partial charge in [0.25, 0.3) is 0 Å². The minimum absolute atomic E-state index is 0.0262. The molecule has 16 amide bonds. The highest BCUT2D eigenvalue weighted by Crippen LogP contribution is 2.25. The normalized spacial score (nSPS) is 17.3. The number of phenols is 1. The van der Waals surface area contributed by atoms with Crippen molar-refractivity contribution in [3.8, 4) is 5.75 Å². The van der Waals surface area contributed by atoms with Crippen molar-refractivity contribution in [3.63, 3.8) is 0 Å². The van der Waals surface area contributed by atoms with Crippen LogP contribution in [0.25, 0.3) is 0 Å². The molecule has 3 fully saturated rings. The lowest BCUT2D eigenvalue weighted by atomic mass is 9.99. The largest absolute Gasteiger partial charge is 0.508 e. The van der Waals surface area contributed by atoms with Crippen LogP contribution in [0.15, 0.2) is 77.1 Å². The lowest BCUT2D eigenvalue weighted by Crippen LogP contribution is -2.62. The summed E-state index contributed by atoms with van der Waals surface area (Å²) in [4.78, 5) is 280. The summed E-state index contributed by atoms with van der Waals surface area (Å²) in [5.74, 6) is -21.5. The maximum Gasteiger partial charge on any atom is 0.326 e. The summed E-state index contributed by atoms with van der Waals surface area (Å²) in [7, 11) is 0. The predicted molar refractivity (Wildman–Crippen MR) is 507 cm³/mol. The smallest absolute Gasteiger partial charge is 0.326 e. The SMILES string of the molecule is CC(C)[C@H](NC(=O)[C@H](CCCN=C(N)N)NC(=O)[C@@H](N)CC(=O)O)C(=O)N[C@@H](Cc1ccc(O)cc1)C(=O)N[C@H](C(=O)N[C@@H](Cc1cnc[nH]1)C(=O)N1CCC[C@H]1C(=O)N[C@@H](Cc1ccccc1)C(=O)O)[C@@H](C)O.C[C@H](NC(=O)[C@@H]1CCCN1C(=O)[C@H](CO)NC(=O)[C@H](CC(=O)O)NC(=O)CNC(=O)[C@@H](N)CCCN=C(N)N)C(=O)N[C@@H](CO)C(=O)N[C@@H](CO)C(=O)N[C@@H](CCCCN)C(=O)N1CCC[C@H]1C(=O)O. The van der Waals surface area contributed by atoms with Crippen LogP contribution in [0.5, 0.6) is 5.75 Å². The van der Waals surface area contributed by atoms with E-state index in [-0.39, 0.29) is 128 Å². The molecule has 56 nitrogen and oxygen atoms in total. The molecule has 0 radical (unpaired) electrons. The number of likely N-dealkylation sites (tertiary alicyclic amines) is 3. The quantitative estimate of drug-likeness (QED) is 0.0142. The fourth-order valence-electron chi connectivity index (χ4n) is 15.4. The number of amides is 16. The van der Waals surface area contributed by atoms with Gasteiger partial charge in [0.15, 0.2) is 11.9 Å². The van der Waals surface area contributed by atoms with Crippen molar-refractivity contribution in [1.29, 1.82) is 0 Å². The molecule has 3 aliphatic heterocycles. The van der Waals surface area contributed by atoms with Crippen LogP contribution in [0, 0.1) is 5.92 Å². The number of aliphatic imine (C=N–C) groups is 2. The summed E-state index contributed by atoms with van der Waals surface area (Å²) in [6.45, 7) is 2.43. The Balaban J connectivity index is 0.000000508. The van der Waals surface area contributed by atoms with Crippen molar-refractivity contribution < 1.29 is 142 Å². The van der Waals surface area contributed by atoms with Crippen LogP contribution >= 0.6 is 0 Å². The van der Waals surface area contributed by atoms with Gasteiger partial charge in [-0.05, 0) is 133 Å². The second-order valence-corrected chi connectivity index (χ2v) is 34.7. The number of carbonyl (C=O) groups is 20. The Morgan fingerprint density at radius 3 is 1.42 bits per heavy atom. The molecular formula is C88H135N27O29. The van der Waals surface area contributed by atoms with Crippen LogP contribution in [-0.4, -0.2) is 375 Å². The standard InChI is InChI=1S/C48H67N13O13.C40H68N14O16/c1-25(2)38(59-41(67)32(11-7-17-53-48(50)51)55-40(66)31(49)22-37(64)65)44(70)56-33(19-28-13-15-30(63)16-14-28)42(68)60-39(26(3)62)45(71)57-34(21-29-23-52-24-54-29)46(72)61-18-8-12-36(61)43(69)58-35(47(73)74)20-27-9-5-4-6-10-27;1-20(31(61)50-24(17-55)35(65)51-25(18-56)34(64)49-22(8-2-3-11-41)37(67)54-14-6-10-28(54)39(69)70)47-36(66)27-9-5-13-53(27)38(68)26(19-57)52-33(63)23(15-30(59)60)48-29(58)16-46-32(62)21(42)7-4-12-45-40(43)44/h4-6,9-10,13-16,23-26,31-36,38-39,62-63H,7-8,11-12,17-22,49H2,1-3H3,(H,52,54)(H,55,66)(H,56,70)(H,57,71)(H,58,69)(H,59,67)(H,60,68)(H,64,65)(H,73,74)(H4,50,51,53);20-28,55-57H,2-19,41-42H2,1H3,(H,46,62)(H,47,66)(H,48,58)(H,49,64)(H,50,61)(H,51,65)(H,52,63)(H,59,60)(H,69,70)(H4,43,44,45)/t26-,31+,32+,33+,34+,35+,36+,38+,39+;20-,21-,22-,23-,24-,25-,26-,27-,28-/m10/s1. The number of unbranched alkanes of at least 4 members (excludes halogenated alkanes) is 1. The number of guanidine groups is 2. The number of nitrogens with zero attached hydrogens (tertiary/aromatic N) is 6. The summed E-state index contributed by atoms with van der Waals surface area (Å²) in [6, 6.07) is -10.3. The van der Waals surface area contributed by atoms with E-state index in [0.29, 0.717) is 48.9 Å². The maximum atomic E-state index is 14.4. The minimum Gasteiger partial charge on any atom is -0.508 e. The molecule has 1 aromatic heterocycles. The molecule has 37 N–H and O–H groups in total. The first-order chi connectivity index (χ1) is 68.1. The molecule has 0 saturated carbocycles. The molecule has 0 spiro atoms. The van der Waals surface area contributed by atoms with Gasteiger partial charge in [-0.3, -0.25) is 96.3 Å². The Morgan fingerprint density at radius 2 is 0.896 bits per heavy atom. The number of aromatic amines is 1. The van der Waals surface area contributed by atoms with E-state index in [0.717, 1.165) is 9.80 Å². The van der Waals surface area contributed by atoms with Gasteiger partial charge in [0.1, 0.15) is 96.4 Å². The Kier molecular flexibility index (Phi) is 50.2. The van der Waals surface area contributed by atoms with Gasteiger partial charge >= 0.3 is 23.9 Å². The van der Waals surface area contributed by atoms with Crippen molar-refractivity contribution in [2.75, 3.05) is 65.6 Å². The number of carbonyl (C=O) groups excluding carboxylic acids is 16. The lowest BCUT2D eigenvalue weighted by molar-refractivity contribution is -0.149. The lowest BCUT2D eigenvalue weighted by Gasteiger charge is -2.31. The first-order valence-electron chi connectivity index (χ1n) is 46.5. The van der Waals surface area contributed by atoms with E-state index < -0.39 is 272 Å². The number of rotatable bonds is 58. The van der Waals surface area contributed by atoms with Crippen LogP contribution in [-0.2, 0) is 115 Å². The average molecular weight is 2040 g/mol. The van der Waals surface area contributed by atoms with Crippen LogP contribution in [0.1, 0.15) is 141 Å². The molecular weight excluding hydrogens is 1900 g/mol. The molecule has 18 atom stereocenters. The van der Waals surface area contributed by atoms with Crippen LogP contribution in [0.2, 0.25) is 0 Å². The zero-order chi connectivity index (χ0) is 107. The number of aromatic nitrogens is 2. The van der Waals surface area contributed by atoms with E-state index in [2.05, 4.69) is 89.1 Å². The van der Waals surface area contributed by atoms with Crippen molar-refractivity contribution in [3.05, 3.63) is 83.9 Å². The fourth-order valence-corrected chi connectivity index (χ4v) is 15.4. The van der Waals surface area contributed by atoms with Gasteiger partial charge in [-0.15, -0.1) is 0 Å². The van der Waals surface area contributed by atoms with Gasteiger partial charge < -0.3 is 175 Å². The number of carboxylic acids is 4. The van der Waals surface area contributed by atoms with Gasteiger partial charge in [-0.25, -0.2) is 14.6 Å². The molecule has 56 heteroatoms. The number of aliphatic hydroxyl groups excluding tert-OH is 4. The van der Waals surface area contributed by atoms with E-state index in [1.165, 1.54) is 55.5 Å². The van der Waals surface area contributed by atoms with Crippen molar-refractivity contribution in [2.45, 2.75) is 252 Å². The summed E-state index contributed by atoms with van der Waals surface area (Å²) >= 11 is 0. The van der Waals surface area contributed by atoms with Gasteiger partial charge in [0.2, 0.25) is 94.5 Å². The molecule has 2 aromatic carbocycles. The highest BCUT2D eigenvalue weighted by molar-refractivity contribution is 6.02. The Hall–Kier alpha value is -14.9. The third-order valence-electron chi connectivity index (χ3n) is 23.1. The maximum absolute atomic E-state index is 14.4. The molecule has 4 heterocycles. The first kappa shape index (κ1) is 120. The van der Waals surface area contributed by atoms with Gasteiger partial charge in [-0.2, -0.15) is 0 Å². The van der Waals surface area contributed by atoms with E-state index >= 15 is 0 Å². The third kappa shape index (κ3) is 39.5. The minimum atomic E-state index is -1.81. The second kappa shape index (κ2) is 60.4. The monoisotopic (exact) mass is 2030 g/mol. The van der Waals surface area contributed by atoms with Crippen molar-refractivity contribution >= 4 is 130 Å². The van der Waals surface area contributed by atoms with Crippen LogP contribution in [0.4, 0.5) is 0 Å². The Bertz CT molecular complexity index is 4930. The van der Waals surface area contributed by atoms with E-state index in [9.17, 15) is 137 Å². The molecule has 3 aliphatic rings. The number of aromatic hydroxyl groups is 1. The molecule has 0 bridgehead atoms. The van der Waals surface area contributed by atoms with Crippen LogP contribution < -0.4 is 109 Å². The topological polar surface area (TPSA) is 925 Å². The number of nitrogens with one attached hydrogen (secondary N) is 14. The number of phenolic OH excluding ortho intramolecular Hbond substituents is 1. The molecule has 6 rings (SSSR count). The number of imidazole rings is 1. The summed E-state index contributed by atoms with van der Waals surface area (Å²) in [5, 5.41) is 120. The summed E-state index contributed by atoms with van der Waals surface area (Å²) in [5.41, 5.74) is 39.9. The number of H-pyrrole nitrogens is 1. The predicted octanol–water partition coefficient (Wildman–Crippen LogP) is -11.9. The van der Waals surface area contributed by atoms with Crippen molar-refractivity contribution in [1.82, 2.24) is 93.8 Å².